The molecule has 0 spiro atoms. The van der Waals surface area contributed by atoms with Crippen LogP contribution in [0.1, 0.15) is 0 Å². The lowest BCUT2D eigenvalue weighted by Gasteiger charge is -1.99. The van der Waals surface area contributed by atoms with Crippen molar-refractivity contribution in [2.75, 3.05) is 0 Å². The van der Waals surface area contributed by atoms with E-state index in [4.69, 9.17) is 0 Å². The summed E-state index contributed by atoms with van der Waals surface area (Å²) in [4.78, 5) is 4.66. The molecule has 0 bridgehead atoms. The first-order valence-electron chi connectivity index (χ1n) is 6.30. The third kappa shape index (κ3) is 1.55. The van der Waals surface area contributed by atoms with Crippen molar-refractivity contribution in [2.24, 2.45) is 7.05 Å². The molecular weight excluding hydrogens is 234 g/mol. The highest BCUT2D eigenvalue weighted by Crippen LogP contribution is 2.24. The highest BCUT2D eigenvalue weighted by Gasteiger charge is 2.06. The van der Waals surface area contributed by atoms with E-state index >= 15 is 0 Å². The van der Waals surface area contributed by atoms with Gasteiger partial charge >= 0.3 is 0 Å². The molecule has 0 aliphatic rings. The van der Waals surface area contributed by atoms with Gasteiger partial charge in [0.15, 0.2) is 0 Å². The quantitative estimate of drug-likeness (QED) is 0.504. The van der Waals surface area contributed by atoms with E-state index in [1.165, 1.54) is 10.9 Å². The van der Waals surface area contributed by atoms with Gasteiger partial charge in [-0.05, 0) is 29.7 Å². The van der Waals surface area contributed by atoms with Crippen LogP contribution in [-0.4, -0.2) is 14.0 Å². The van der Waals surface area contributed by atoms with Gasteiger partial charge in [-0.3, -0.25) is 0 Å². The smallest absolute Gasteiger partial charge is 0.137 e. The number of fused-ring (bicyclic) bond motifs is 2. The van der Waals surface area contributed by atoms with Crippen LogP contribution < -0.4 is 0 Å². The zero-order chi connectivity index (χ0) is 12.8. The summed E-state index contributed by atoms with van der Waals surface area (Å²) in [6, 6.07) is 14.6. The van der Waals surface area contributed by atoms with E-state index < -0.39 is 0 Å². The van der Waals surface area contributed by atoms with Crippen molar-refractivity contribution in [1.82, 2.24) is 14.0 Å². The van der Waals surface area contributed by atoms with Crippen molar-refractivity contribution in [3.8, 4) is 11.3 Å². The molecule has 0 aliphatic carbocycles. The van der Waals surface area contributed by atoms with Crippen LogP contribution in [0.15, 0.2) is 61.1 Å². The molecule has 3 aromatic heterocycles. The molecule has 0 unspecified atom stereocenters. The summed E-state index contributed by atoms with van der Waals surface area (Å²) in [7, 11) is 2.07. The molecule has 0 fully saturated rings. The lowest BCUT2D eigenvalue weighted by molar-refractivity contribution is 0.969. The molecule has 3 heterocycles. The van der Waals surface area contributed by atoms with E-state index in [9.17, 15) is 0 Å². The van der Waals surface area contributed by atoms with E-state index in [0.29, 0.717) is 0 Å². The summed E-state index contributed by atoms with van der Waals surface area (Å²) in [5.74, 6) is 0. The number of imidazole rings is 1. The van der Waals surface area contributed by atoms with Crippen LogP contribution in [0.5, 0.6) is 0 Å². The summed E-state index contributed by atoms with van der Waals surface area (Å²) < 4.78 is 4.18. The maximum absolute atomic E-state index is 4.66. The average Bonchev–Trinajstić information content (AvgIpc) is 3.02. The minimum atomic E-state index is 0.976. The van der Waals surface area contributed by atoms with Gasteiger partial charge < -0.3 is 8.97 Å². The SMILES string of the molecule is Cn1ccc2ccc(-c3cn4ccccc4n3)cc21. The highest BCUT2D eigenvalue weighted by atomic mass is 15.0. The Balaban J connectivity index is 1.95. The minimum absolute atomic E-state index is 0.976. The zero-order valence-corrected chi connectivity index (χ0v) is 10.6. The molecule has 19 heavy (non-hydrogen) atoms. The van der Waals surface area contributed by atoms with Crippen molar-refractivity contribution in [1.29, 1.82) is 0 Å². The molecule has 0 atom stereocenters. The van der Waals surface area contributed by atoms with Gasteiger partial charge in [0.25, 0.3) is 0 Å². The molecule has 0 amide bonds. The van der Waals surface area contributed by atoms with E-state index in [1.54, 1.807) is 0 Å². The van der Waals surface area contributed by atoms with Crippen molar-refractivity contribution >= 4 is 16.6 Å². The first kappa shape index (κ1) is 10.4. The molecule has 0 radical (unpaired) electrons. The Labute approximate surface area is 110 Å². The molecule has 3 nitrogen and oxygen atoms in total. The fraction of sp³-hybridized carbons (Fsp3) is 0.0625. The number of aromatic nitrogens is 3. The van der Waals surface area contributed by atoms with Gasteiger partial charge in [-0.1, -0.05) is 18.2 Å². The number of nitrogens with zero attached hydrogens (tertiary/aromatic N) is 3. The number of rotatable bonds is 1. The number of hydrogen-bond acceptors (Lipinski definition) is 1. The molecule has 0 saturated heterocycles. The van der Waals surface area contributed by atoms with Crippen molar-refractivity contribution in [3.63, 3.8) is 0 Å². The van der Waals surface area contributed by atoms with Crippen molar-refractivity contribution < 1.29 is 0 Å². The fourth-order valence-corrected chi connectivity index (χ4v) is 2.50. The van der Waals surface area contributed by atoms with E-state index in [-0.39, 0.29) is 0 Å². The number of pyridine rings is 1. The van der Waals surface area contributed by atoms with Crippen LogP contribution in [0.3, 0.4) is 0 Å². The van der Waals surface area contributed by atoms with Crippen LogP contribution in [0.25, 0.3) is 27.8 Å². The molecule has 4 aromatic rings. The highest BCUT2D eigenvalue weighted by molar-refractivity contribution is 5.85. The van der Waals surface area contributed by atoms with Gasteiger partial charge in [-0.25, -0.2) is 4.98 Å². The summed E-state index contributed by atoms with van der Waals surface area (Å²) in [5.41, 5.74) is 4.37. The average molecular weight is 247 g/mol. The van der Waals surface area contributed by atoms with Crippen LogP contribution in [0.2, 0.25) is 0 Å². The Hall–Kier alpha value is -2.55. The molecule has 3 heteroatoms. The molecule has 0 N–H and O–H groups in total. The molecule has 92 valence electrons. The summed E-state index contributed by atoms with van der Waals surface area (Å²) >= 11 is 0. The van der Waals surface area contributed by atoms with E-state index in [1.807, 2.05) is 28.8 Å². The maximum Gasteiger partial charge on any atom is 0.137 e. The number of aryl methyl sites for hydroxylation is 1. The normalized spacial score (nSPS) is 11.4. The first-order chi connectivity index (χ1) is 9.31. The van der Waals surface area contributed by atoms with Crippen LogP contribution in [0, 0.1) is 0 Å². The summed E-state index contributed by atoms with van der Waals surface area (Å²) in [6.07, 6.45) is 6.17. The first-order valence-corrected chi connectivity index (χ1v) is 6.30. The topological polar surface area (TPSA) is 22.2 Å². The molecule has 4 rings (SSSR count). The van der Waals surface area contributed by atoms with Gasteiger partial charge in [0.05, 0.1) is 5.69 Å². The monoisotopic (exact) mass is 247 g/mol. The second-order valence-electron chi connectivity index (χ2n) is 4.79. The molecule has 1 aromatic carbocycles. The Morgan fingerprint density at radius 3 is 2.84 bits per heavy atom. The lowest BCUT2D eigenvalue weighted by Crippen LogP contribution is -1.84. The van der Waals surface area contributed by atoms with Crippen LogP contribution in [-0.2, 0) is 7.05 Å². The van der Waals surface area contributed by atoms with Crippen molar-refractivity contribution in [3.05, 3.63) is 61.1 Å². The minimum Gasteiger partial charge on any atom is -0.351 e. The van der Waals surface area contributed by atoms with Crippen molar-refractivity contribution in [2.45, 2.75) is 0 Å². The maximum atomic E-state index is 4.66. The standard InChI is InChI=1S/C16H13N3/c1-18-9-7-12-5-6-13(10-15(12)18)14-11-19-8-3-2-4-16(19)17-14/h2-11H,1H3. The van der Waals surface area contributed by atoms with Gasteiger partial charge in [0, 0.05) is 36.7 Å². The predicted molar refractivity (Wildman–Crippen MR) is 77.1 cm³/mol. The largest absolute Gasteiger partial charge is 0.351 e. The summed E-state index contributed by atoms with van der Waals surface area (Å²) in [5, 5.41) is 1.26. The van der Waals surface area contributed by atoms with Gasteiger partial charge in [-0.15, -0.1) is 0 Å². The van der Waals surface area contributed by atoms with Gasteiger partial charge in [0.1, 0.15) is 5.65 Å². The predicted octanol–water partition coefficient (Wildman–Crippen LogP) is 3.49. The van der Waals surface area contributed by atoms with Crippen LogP contribution >= 0.6 is 0 Å². The Bertz CT molecular complexity index is 850. The number of benzene rings is 1. The van der Waals surface area contributed by atoms with Gasteiger partial charge in [0.2, 0.25) is 0 Å². The molecule has 0 aliphatic heterocycles. The van der Waals surface area contributed by atoms with E-state index in [2.05, 4.69) is 53.3 Å². The Morgan fingerprint density at radius 1 is 1.00 bits per heavy atom. The zero-order valence-electron chi connectivity index (χ0n) is 10.6. The summed E-state index contributed by atoms with van der Waals surface area (Å²) in [6.45, 7) is 0. The van der Waals surface area contributed by atoms with Crippen LogP contribution in [0.4, 0.5) is 0 Å². The lowest BCUT2D eigenvalue weighted by atomic mass is 10.1. The Morgan fingerprint density at radius 2 is 1.95 bits per heavy atom. The third-order valence-corrected chi connectivity index (χ3v) is 3.55. The molecular formula is C16H13N3. The number of hydrogen-bond donors (Lipinski definition) is 0. The van der Waals surface area contributed by atoms with Gasteiger partial charge in [-0.2, -0.15) is 0 Å². The third-order valence-electron chi connectivity index (χ3n) is 3.55. The Kier molecular flexibility index (Phi) is 2.03. The van der Waals surface area contributed by atoms with E-state index in [0.717, 1.165) is 16.9 Å². The fourth-order valence-electron chi connectivity index (χ4n) is 2.50. The second-order valence-corrected chi connectivity index (χ2v) is 4.79. The molecule has 0 saturated carbocycles. The second kappa shape index (κ2) is 3.72.